The minimum Gasteiger partial charge on any atom is -0.349 e. The van der Waals surface area contributed by atoms with Crippen molar-refractivity contribution in [2.75, 3.05) is 19.6 Å². The molecular weight excluding hydrogens is 352 g/mol. The minimum atomic E-state index is -2.80. The van der Waals surface area contributed by atoms with Gasteiger partial charge < -0.3 is 10.2 Å². The molecule has 0 radical (unpaired) electrons. The summed E-state index contributed by atoms with van der Waals surface area (Å²) in [7, 11) is 0. The first-order valence-corrected chi connectivity index (χ1v) is 8.20. The summed E-state index contributed by atoms with van der Waals surface area (Å²) in [6.07, 6.45) is 0.831. The third-order valence-corrected chi connectivity index (χ3v) is 4.59. The van der Waals surface area contributed by atoms with Crippen molar-refractivity contribution in [2.24, 2.45) is 0 Å². The average Bonchev–Trinajstić information content (AvgIpc) is 2.95. The standard InChI is InChI=1S/C17H21F2N3O2.ClH/c18-17(19)10-14(20-11-17)16(24)22-8-6-13(7-9-22)21-15(23)12-4-2-1-3-5-12;/h1-5,13-14,20H,6-11H2,(H,21,23);1H. The molecule has 1 aromatic rings. The number of nitrogens with one attached hydrogen (secondary N) is 2. The highest BCUT2D eigenvalue weighted by molar-refractivity contribution is 5.94. The Morgan fingerprint density at radius 2 is 1.80 bits per heavy atom. The first-order valence-electron chi connectivity index (χ1n) is 8.20. The molecule has 0 aliphatic carbocycles. The Morgan fingerprint density at radius 3 is 2.36 bits per heavy atom. The molecule has 0 aromatic heterocycles. The molecule has 2 fully saturated rings. The predicted octanol–water partition coefficient (Wildman–Crippen LogP) is 1.83. The Bertz CT molecular complexity index is 607. The van der Waals surface area contributed by atoms with Crippen molar-refractivity contribution in [3.63, 3.8) is 0 Å². The van der Waals surface area contributed by atoms with Crippen LogP contribution in [0.2, 0.25) is 0 Å². The molecule has 5 nitrogen and oxygen atoms in total. The lowest BCUT2D eigenvalue weighted by Gasteiger charge is -2.33. The van der Waals surface area contributed by atoms with Crippen molar-refractivity contribution in [2.45, 2.75) is 37.3 Å². The molecule has 1 atom stereocenters. The van der Waals surface area contributed by atoms with Crippen molar-refractivity contribution < 1.29 is 18.4 Å². The van der Waals surface area contributed by atoms with Crippen LogP contribution in [0.3, 0.4) is 0 Å². The predicted molar refractivity (Wildman–Crippen MR) is 92.1 cm³/mol. The summed E-state index contributed by atoms with van der Waals surface area (Å²) >= 11 is 0. The molecule has 0 spiro atoms. The number of carbonyl (C=O) groups excluding carboxylic acids is 2. The summed E-state index contributed by atoms with van der Waals surface area (Å²) in [6.45, 7) is 0.512. The number of halogens is 3. The van der Waals surface area contributed by atoms with Gasteiger partial charge in [0.1, 0.15) is 0 Å². The first-order chi connectivity index (χ1) is 11.4. The number of amides is 2. The lowest BCUT2D eigenvalue weighted by atomic mass is 10.0. The highest BCUT2D eigenvalue weighted by atomic mass is 35.5. The van der Waals surface area contributed by atoms with E-state index in [1.165, 1.54) is 0 Å². The van der Waals surface area contributed by atoms with E-state index in [0.717, 1.165) is 0 Å². The molecular formula is C17H22ClF2N3O2. The van der Waals surface area contributed by atoms with Crippen LogP contribution >= 0.6 is 12.4 Å². The summed E-state index contributed by atoms with van der Waals surface area (Å²) < 4.78 is 26.4. The van der Waals surface area contributed by atoms with E-state index in [9.17, 15) is 18.4 Å². The quantitative estimate of drug-likeness (QED) is 0.849. The lowest BCUT2D eigenvalue weighted by Crippen LogP contribution is -2.50. The van der Waals surface area contributed by atoms with Crippen molar-refractivity contribution in [1.82, 2.24) is 15.5 Å². The van der Waals surface area contributed by atoms with Gasteiger partial charge in [-0.2, -0.15) is 0 Å². The van der Waals surface area contributed by atoms with Crippen LogP contribution in [0, 0.1) is 0 Å². The van der Waals surface area contributed by atoms with Crippen LogP contribution in [0.15, 0.2) is 30.3 Å². The maximum atomic E-state index is 13.2. The van der Waals surface area contributed by atoms with E-state index in [4.69, 9.17) is 0 Å². The van der Waals surface area contributed by atoms with Gasteiger partial charge in [0, 0.05) is 31.1 Å². The van der Waals surface area contributed by atoms with Crippen molar-refractivity contribution >= 4 is 24.2 Å². The van der Waals surface area contributed by atoms with Crippen LogP contribution in [0.1, 0.15) is 29.6 Å². The zero-order valence-corrected chi connectivity index (χ0v) is 14.5. The van der Waals surface area contributed by atoms with Crippen LogP contribution in [-0.2, 0) is 4.79 Å². The number of carbonyl (C=O) groups is 2. The Hall–Kier alpha value is -1.73. The summed E-state index contributed by atoms with van der Waals surface area (Å²) in [4.78, 5) is 26.0. The van der Waals surface area contributed by atoms with Gasteiger partial charge in [0.15, 0.2) is 0 Å². The average molecular weight is 374 g/mol. The van der Waals surface area contributed by atoms with Crippen LogP contribution in [0.5, 0.6) is 0 Å². The highest BCUT2D eigenvalue weighted by Crippen LogP contribution is 2.26. The number of alkyl halides is 2. The number of hydrogen-bond donors (Lipinski definition) is 2. The van der Waals surface area contributed by atoms with Crippen molar-refractivity contribution in [3.05, 3.63) is 35.9 Å². The van der Waals surface area contributed by atoms with Gasteiger partial charge in [-0.25, -0.2) is 8.78 Å². The minimum absolute atomic E-state index is 0. The normalized spacial score (nSPS) is 23.0. The van der Waals surface area contributed by atoms with Gasteiger partial charge in [0.05, 0.1) is 12.6 Å². The SMILES string of the molecule is Cl.O=C(NC1CCN(C(=O)C2CC(F)(F)CN2)CC1)c1ccccc1. The van der Waals surface area contributed by atoms with E-state index >= 15 is 0 Å². The second-order valence-corrected chi connectivity index (χ2v) is 6.43. The van der Waals surface area contributed by atoms with E-state index in [1.807, 2.05) is 6.07 Å². The van der Waals surface area contributed by atoms with E-state index in [0.29, 0.717) is 31.5 Å². The van der Waals surface area contributed by atoms with Crippen LogP contribution in [0.25, 0.3) is 0 Å². The first kappa shape index (κ1) is 19.6. The highest BCUT2D eigenvalue weighted by Gasteiger charge is 2.43. The fourth-order valence-corrected chi connectivity index (χ4v) is 3.21. The molecule has 2 heterocycles. The molecule has 1 unspecified atom stereocenters. The fraction of sp³-hybridized carbons (Fsp3) is 0.529. The van der Waals surface area contributed by atoms with Crippen molar-refractivity contribution in [3.8, 4) is 0 Å². The number of piperidine rings is 1. The molecule has 2 amide bonds. The molecule has 8 heteroatoms. The van der Waals surface area contributed by atoms with E-state index < -0.39 is 24.9 Å². The maximum Gasteiger partial charge on any atom is 0.262 e. The van der Waals surface area contributed by atoms with Gasteiger partial charge in [-0.3, -0.25) is 14.9 Å². The number of rotatable bonds is 3. The Labute approximate surface area is 151 Å². The second kappa shape index (κ2) is 8.10. The molecule has 0 bridgehead atoms. The lowest BCUT2D eigenvalue weighted by molar-refractivity contribution is -0.134. The molecule has 1 aromatic carbocycles. The fourth-order valence-electron chi connectivity index (χ4n) is 3.21. The summed E-state index contributed by atoms with van der Waals surface area (Å²) in [5, 5.41) is 5.56. The smallest absolute Gasteiger partial charge is 0.262 e. The molecule has 2 N–H and O–H groups in total. The van der Waals surface area contributed by atoms with Crippen LogP contribution in [-0.4, -0.2) is 54.4 Å². The topological polar surface area (TPSA) is 61.4 Å². The van der Waals surface area contributed by atoms with Gasteiger partial charge in [-0.1, -0.05) is 18.2 Å². The molecule has 0 saturated carbocycles. The largest absolute Gasteiger partial charge is 0.349 e. The number of benzene rings is 1. The number of likely N-dealkylation sites (tertiary alicyclic amines) is 1. The second-order valence-electron chi connectivity index (χ2n) is 6.43. The molecule has 2 saturated heterocycles. The third-order valence-electron chi connectivity index (χ3n) is 4.59. The van der Waals surface area contributed by atoms with Gasteiger partial charge in [0.25, 0.3) is 11.8 Å². The Kier molecular flexibility index (Phi) is 6.35. The van der Waals surface area contributed by atoms with E-state index in [-0.39, 0.29) is 30.3 Å². The van der Waals surface area contributed by atoms with Gasteiger partial charge in [-0.05, 0) is 25.0 Å². The Balaban J connectivity index is 0.00000225. The molecule has 3 rings (SSSR count). The monoisotopic (exact) mass is 373 g/mol. The number of hydrogen-bond acceptors (Lipinski definition) is 3. The van der Waals surface area contributed by atoms with Gasteiger partial charge in [0.2, 0.25) is 5.91 Å². The zero-order chi connectivity index (χ0) is 17.2. The summed E-state index contributed by atoms with van der Waals surface area (Å²) in [5.41, 5.74) is 0.605. The zero-order valence-electron chi connectivity index (χ0n) is 13.7. The van der Waals surface area contributed by atoms with Gasteiger partial charge >= 0.3 is 0 Å². The Morgan fingerprint density at radius 1 is 1.16 bits per heavy atom. The summed E-state index contributed by atoms with van der Waals surface area (Å²) in [6, 6.07) is 8.16. The molecule has 25 heavy (non-hydrogen) atoms. The summed E-state index contributed by atoms with van der Waals surface area (Å²) in [5.74, 6) is -3.19. The number of nitrogens with zero attached hydrogens (tertiary/aromatic N) is 1. The van der Waals surface area contributed by atoms with Crippen LogP contribution < -0.4 is 10.6 Å². The van der Waals surface area contributed by atoms with E-state index in [2.05, 4.69) is 10.6 Å². The molecule has 2 aliphatic heterocycles. The van der Waals surface area contributed by atoms with Crippen molar-refractivity contribution in [1.29, 1.82) is 0 Å². The molecule has 138 valence electrons. The molecule has 2 aliphatic rings. The van der Waals surface area contributed by atoms with Gasteiger partial charge in [-0.15, -0.1) is 12.4 Å². The maximum absolute atomic E-state index is 13.2. The third kappa shape index (κ3) is 4.89. The van der Waals surface area contributed by atoms with E-state index in [1.54, 1.807) is 29.2 Å². The van der Waals surface area contributed by atoms with Crippen LogP contribution in [0.4, 0.5) is 8.78 Å².